The second kappa shape index (κ2) is 11.2. The van der Waals surface area contributed by atoms with E-state index in [2.05, 4.69) is 14.8 Å². The Morgan fingerprint density at radius 3 is 2.48 bits per heavy atom. The number of para-hydroxylation sites is 1. The molecule has 206 valence electrons. The smallest absolute Gasteiger partial charge is 0.281 e. The highest BCUT2D eigenvalue weighted by molar-refractivity contribution is 7.90. The standard InChI is InChI=1S/C30H29ClN4O4S/c1-19-15-22(16-20(2)27(19)31)39-14-8-13-26-25-12-7-11-24(21-17-32-35(3)18-21)28(25)33-29(26)30(36)34-40(37,38)23-9-5-4-6-10-23/h4-7,9-12,15-18,33H,8,13-14H2,1-3H3,(H,34,36). The normalized spacial score (nSPS) is 11.6. The van der Waals surface area contributed by atoms with Crippen molar-refractivity contribution in [1.29, 1.82) is 0 Å². The predicted octanol–water partition coefficient (Wildman–Crippen LogP) is 5.97. The van der Waals surface area contributed by atoms with Crippen molar-refractivity contribution < 1.29 is 17.9 Å². The number of fused-ring (bicyclic) bond motifs is 1. The lowest BCUT2D eigenvalue weighted by Gasteiger charge is -2.11. The van der Waals surface area contributed by atoms with Crippen molar-refractivity contribution in [3.8, 4) is 16.9 Å². The Hall–Kier alpha value is -4.08. The molecule has 0 atom stereocenters. The number of ether oxygens (including phenoxy) is 1. The van der Waals surface area contributed by atoms with Gasteiger partial charge in [0.1, 0.15) is 11.4 Å². The topological polar surface area (TPSA) is 106 Å². The van der Waals surface area contributed by atoms with Gasteiger partial charge in [-0.15, -0.1) is 0 Å². The third-order valence-electron chi connectivity index (χ3n) is 6.71. The van der Waals surface area contributed by atoms with Crippen LogP contribution >= 0.6 is 11.6 Å². The molecule has 0 radical (unpaired) electrons. The van der Waals surface area contributed by atoms with E-state index in [1.807, 2.05) is 57.4 Å². The van der Waals surface area contributed by atoms with Crippen molar-refractivity contribution in [2.45, 2.75) is 31.6 Å². The van der Waals surface area contributed by atoms with Crippen molar-refractivity contribution >= 4 is 38.4 Å². The Labute approximate surface area is 238 Å². The number of carbonyl (C=O) groups excluding carboxylic acids is 1. The van der Waals surface area contributed by atoms with Crippen molar-refractivity contribution in [1.82, 2.24) is 19.5 Å². The van der Waals surface area contributed by atoms with Gasteiger partial charge in [0.2, 0.25) is 0 Å². The summed E-state index contributed by atoms with van der Waals surface area (Å²) in [5.41, 5.74) is 5.27. The van der Waals surface area contributed by atoms with Gasteiger partial charge in [0.25, 0.3) is 15.9 Å². The summed E-state index contributed by atoms with van der Waals surface area (Å²) in [6.07, 6.45) is 4.71. The Morgan fingerprint density at radius 1 is 1.07 bits per heavy atom. The first-order valence-corrected chi connectivity index (χ1v) is 14.6. The summed E-state index contributed by atoms with van der Waals surface area (Å²) < 4.78 is 35.8. The number of aromatic nitrogens is 3. The molecule has 0 saturated heterocycles. The van der Waals surface area contributed by atoms with E-state index in [-0.39, 0.29) is 10.6 Å². The van der Waals surface area contributed by atoms with Gasteiger partial charge in [-0.1, -0.05) is 48.0 Å². The number of hydrogen-bond acceptors (Lipinski definition) is 5. The number of aryl methyl sites for hydroxylation is 4. The van der Waals surface area contributed by atoms with Gasteiger partial charge in [-0.2, -0.15) is 5.10 Å². The number of rotatable bonds is 9. The molecule has 8 nitrogen and oxygen atoms in total. The zero-order chi connectivity index (χ0) is 28.4. The molecular weight excluding hydrogens is 548 g/mol. The van der Waals surface area contributed by atoms with Crippen molar-refractivity contribution in [2.75, 3.05) is 6.61 Å². The maximum Gasteiger partial charge on any atom is 0.281 e. The van der Waals surface area contributed by atoms with E-state index in [1.54, 1.807) is 29.1 Å². The van der Waals surface area contributed by atoms with Crippen molar-refractivity contribution in [2.24, 2.45) is 7.05 Å². The molecule has 0 spiro atoms. The van der Waals surface area contributed by atoms with Gasteiger partial charge in [0.15, 0.2) is 0 Å². The molecule has 5 rings (SSSR count). The highest BCUT2D eigenvalue weighted by Gasteiger charge is 2.24. The Kier molecular flexibility index (Phi) is 7.69. The second-order valence-corrected chi connectivity index (χ2v) is 11.7. The third-order valence-corrected chi connectivity index (χ3v) is 8.66. The van der Waals surface area contributed by atoms with Crippen molar-refractivity contribution in [3.05, 3.63) is 100 Å². The number of amides is 1. The van der Waals surface area contributed by atoms with E-state index in [9.17, 15) is 13.2 Å². The third kappa shape index (κ3) is 5.61. The number of sulfonamides is 1. The molecule has 0 bridgehead atoms. The van der Waals surface area contributed by atoms with Crippen LogP contribution in [-0.2, 0) is 23.5 Å². The summed E-state index contributed by atoms with van der Waals surface area (Å²) in [6.45, 7) is 4.27. The Morgan fingerprint density at radius 2 is 1.80 bits per heavy atom. The molecule has 0 fully saturated rings. The molecule has 2 aromatic heterocycles. The zero-order valence-corrected chi connectivity index (χ0v) is 23.9. The molecule has 0 aliphatic carbocycles. The van der Waals surface area contributed by atoms with Crippen LogP contribution in [0.15, 0.2) is 78.0 Å². The van der Waals surface area contributed by atoms with E-state index in [4.69, 9.17) is 16.3 Å². The van der Waals surface area contributed by atoms with Crippen molar-refractivity contribution in [3.63, 3.8) is 0 Å². The number of hydrogen-bond donors (Lipinski definition) is 2. The lowest BCUT2D eigenvalue weighted by atomic mass is 10.0. The second-order valence-electron chi connectivity index (χ2n) is 9.68. The van der Waals surface area contributed by atoms with Crippen LogP contribution in [0.25, 0.3) is 22.0 Å². The maximum absolute atomic E-state index is 13.5. The number of nitrogens with zero attached hydrogens (tertiary/aromatic N) is 2. The fourth-order valence-corrected chi connectivity index (χ4v) is 5.88. The lowest BCUT2D eigenvalue weighted by molar-refractivity contribution is 0.0976. The highest BCUT2D eigenvalue weighted by Crippen LogP contribution is 2.33. The van der Waals surface area contributed by atoms with Gasteiger partial charge < -0.3 is 9.72 Å². The largest absolute Gasteiger partial charge is 0.494 e. The van der Waals surface area contributed by atoms with Crippen LogP contribution in [0.2, 0.25) is 5.02 Å². The van der Waals surface area contributed by atoms with E-state index < -0.39 is 15.9 Å². The van der Waals surface area contributed by atoms with E-state index >= 15 is 0 Å². The molecule has 0 saturated carbocycles. The average Bonchev–Trinajstić information content (AvgIpc) is 3.53. The van der Waals surface area contributed by atoms with Crippen LogP contribution in [-0.4, -0.2) is 35.7 Å². The van der Waals surface area contributed by atoms with Gasteiger partial charge in [-0.05, 0) is 67.6 Å². The minimum absolute atomic E-state index is 0.0130. The van der Waals surface area contributed by atoms with Gasteiger partial charge in [-0.3, -0.25) is 9.48 Å². The zero-order valence-electron chi connectivity index (χ0n) is 22.4. The fourth-order valence-electron chi connectivity index (χ4n) is 4.79. The summed E-state index contributed by atoms with van der Waals surface area (Å²) in [6, 6.07) is 17.4. The first kappa shape index (κ1) is 27.5. The van der Waals surface area contributed by atoms with Crippen LogP contribution in [0.1, 0.15) is 33.6 Å². The highest BCUT2D eigenvalue weighted by atomic mass is 35.5. The summed E-state index contributed by atoms with van der Waals surface area (Å²) in [4.78, 5) is 16.7. The molecule has 2 N–H and O–H groups in total. The molecule has 3 aromatic carbocycles. The molecule has 1 amide bonds. The predicted molar refractivity (Wildman–Crippen MR) is 156 cm³/mol. The molecule has 0 aliphatic rings. The summed E-state index contributed by atoms with van der Waals surface area (Å²) in [7, 11) is -2.23. The molecule has 10 heteroatoms. The minimum atomic E-state index is -4.06. The monoisotopic (exact) mass is 576 g/mol. The van der Waals surface area contributed by atoms with E-state index in [1.165, 1.54) is 12.1 Å². The number of H-pyrrole nitrogens is 1. The van der Waals surface area contributed by atoms with Gasteiger partial charge in [0.05, 0.1) is 23.2 Å². The lowest BCUT2D eigenvalue weighted by Crippen LogP contribution is -2.31. The fraction of sp³-hybridized carbons (Fsp3) is 0.200. The van der Waals surface area contributed by atoms with E-state index in [0.717, 1.165) is 43.9 Å². The molecule has 2 heterocycles. The van der Waals surface area contributed by atoms with Crippen LogP contribution in [0, 0.1) is 13.8 Å². The average molecular weight is 577 g/mol. The molecule has 40 heavy (non-hydrogen) atoms. The minimum Gasteiger partial charge on any atom is -0.494 e. The maximum atomic E-state index is 13.5. The number of benzene rings is 3. The van der Waals surface area contributed by atoms with Crippen LogP contribution in [0.4, 0.5) is 0 Å². The van der Waals surface area contributed by atoms with Gasteiger partial charge in [0, 0.05) is 34.8 Å². The first-order chi connectivity index (χ1) is 19.1. The summed E-state index contributed by atoms with van der Waals surface area (Å²) >= 11 is 6.28. The molecule has 0 aliphatic heterocycles. The Balaban J connectivity index is 1.46. The number of carbonyl (C=O) groups is 1. The number of aromatic amines is 1. The SMILES string of the molecule is Cc1cc(OCCCc2c(C(=O)NS(=O)(=O)c3ccccc3)[nH]c3c(-c4cnn(C)c4)cccc23)cc(C)c1Cl. The number of nitrogens with one attached hydrogen (secondary N) is 2. The number of halogens is 1. The quantitative estimate of drug-likeness (QED) is 0.210. The summed E-state index contributed by atoms with van der Waals surface area (Å²) in [5.74, 6) is 0.00108. The molecule has 0 unspecified atom stereocenters. The summed E-state index contributed by atoms with van der Waals surface area (Å²) in [5, 5.41) is 5.83. The molecule has 5 aromatic rings. The van der Waals surface area contributed by atoms with Crippen LogP contribution < -0.4 is 9.46 Å². The first-order valence-electron chi connectivity index (χ1n) is 12.8. The van der Waals surface area contributed by atoms with Crippen LogP contribution in [0.3, 0.4) is 0 Å². The van der Waals surface area contributed by atoms with Gasteiger partial charge in [-0.25, -0.2) is 13.1 Å². The Bertz CT molecular complexity index is 1790. The van der Waals surface area contributed by atoms with Gasteiger partial charge >= 0.3 is 0 Å². The van der Waals surface area contributed by atoms with E-state index in [0.29, 0.717) is 25.0 Å². The van der Waals surface area contributed by atoms with Crippen LogP contribution in [0.5, 0.6) is 5.75 Å². The molecular formula is C30H29ClN4O4S.